The fourth-order valence-corrected chi connectivity index (χ4v) is 1.62. The summed E-state index contributed by atoms with van der Waals surface area (Å²) >= 11 is 0. The van der Waals surface area contributed by atoms with Crippen molar-refractivity contribution in [2.45, 2.75) is 0 Å². The molecule has 7 heteroatoms. The van der Waals surface area contributed by atoms with Crippen LogP contribution < -0.4 is 15.1 Å². The lowest BCUT2D eigenvalue weighted by atomic mass is 10.3. The topological polar surface area (TPSA) is 44.3 Å². The molecule has 1 aromatic rings. The highest BCUT2D eigenvalue weighted by molar-refractivity contribution is 5.85. The third-order valence-corrected chi connectivity index (χ3v) is 2.47. The van der Waals surface area contributed by atoms with Crippen LogP contribution in [0.5, 0.6) is 0 Å². The van der Waals surface area contributed by atoms with E-state index in [4.69, 9.17) is 0 Å². The van der Waals surface area contributed by atoms with Crippen molar-refractivity contribution >= 4 is 36.6 Å². The van der Waals surface area contributed by atoms with Crippen LogP contribution in [0.1, 0.15) is 0 Å². The Morgan fingerprint density at radius 1 is 1.24 bits per heavy atom. The molecule has 2 heterocycles. The Kier molecular flexibility index (Phi) is 7.18. The van der Waals surface area contributed by atoms with Gasteiger partial charge in [-0.15, -0.1) is 24.8 Å². The molecule has 5 nitrogen and oxygen atoms in total. The second kappa shape index (κ2) is 7.53. The van der Waals surface area contributed by atoms with E-state index in [0.29, 0.717) is 0 Å². The normalized spacial score (nSPS) is 14.6. The highest BCUT2D eigenvalue weighted by atomic mass is 35.5. The molecule has 2 rings (SSSR count). The summed E-state index contributed by atoms with van der Waals surface area (Å²) < 4.78 is 0. The lowest BCUT2D eigenvalue weighted by Crippen LogP contribution is -2.44. The van der Waals surface area contributed by atoms with Crippen molar-refractivity contribution in [3.63, 3.8) is 0 Å². The van der Waals surface area contributed by atoms with Gasteiger partial charge in [0, 0.05) is 46.5 Å². The molecule has 0 aliphatic carbocycles. The summed E-state index contributed by atoms with van der Waals surface area (Å²) in [6.07, 6.45) is 1.82. The van der Waals surface area contributed by atoms with Crippen LogP contribution in [0.3, 0.4) is 0 Å². The molecule has 0 unspecified atom stereocenters. The minimum absolute atomic E-state index is 0. The first-order valence-electron chi connectivity index (χ1n) is 5.23. The Balaban J connectivity index is 0.00000128. The highest BCUT2D eigenvalue weighted by Crippen LogP contribution is 2.13. The van der Waals surface area contributed by atoms with Gasteiger partial charge in [-0.1, -0.05) is 0 Å². The Hall–Kier alpha value is -0.780. The predicted octanol–water partition coefficient (Wildman–Crippen LogP) is 0.796. The Morgan fingerprint density at radius 3 is 2.47 bits per heavy atom. The lowest BCUT2D eigenvalue weighted by molar-refractivity contribution is 0.584. The van der Waals surface area contributed by atoms with E-state index in [0.717, 1.165) is 37.9 Å². The van der Waals surface area contributed by atoms with Crippen LogP contribution >= 0.6 is 24.8 Å². The van der Waals surface area contributed by atoms with Gasteiger partial charge in [-0.2, -0.15) is 4.98 Å². The molecule has 0 bridgehead atoms. The number of rotatable bonds is 2. The van der Waals surface area contributed by atoms with Crippen LogP contribution in [0.15, 0.2) is 12.3 Å². The molecule has 1 aromatic heterocycles. The molecule has 1 saturated heterocycles. The number of nitrogens with zero attached hydrogens (tertiary/aromatic N) is 4. The number of halogens is 2. The summed E-state index contributed by atoms with van der Waals surface area (Å²) in [6, 6.07) is 1.97. The lowest BCUT2D eigenvalue weighted by Gasteiger charge is -2.28. The number of hydrogen-bond acceptors (Lipinski definition) is 5. The SMILES string of the molecule is CN(C)c1nccc(N2CCNCC2)n1.Cl.Cl. The molecule has 1 fully saturated rings. The summed E-state index contributed by atoms with van der Waals surface area (Å²) in [4.78, 5) is 12.9. The van der Waals surface area contributed by atoms with Crippen LogP contribution in [0.4, 0.5) is 11.8 Å². The second-order valence-electron chi connectivity index (χ2n) is 3.85. The average molecular weight is 280 g/mol. The van der Waals surface area contributed by atoms with Crippen molar-refractivity contribution < 1.29 is 0 Å². The van der Waals surface area contributed by atoms with Gasteiger partial charge in [-0.25, -0.2) is 4.98 Å². The molecular weight excluding hydrogens is 261 g/mol. The number of hydrogen-bond donors (Lipinski definition) is 1. The minimum atomic E-state index is 0. The van der Waals surface area contributed by atoms with Crippen LogP contribution in [0.25, 0.3) is 0 Å². The second-order valence-corrected chi connectivity index (χ2v) is 3.85. The monoisotopic (exact) mass is 279 g/mol. The molecule has 0 aromatic carbocycles. The zero-order valence-corrected chi connectivity index (χ0v) is 11.7. The van der Waals surface area contributed by atoms with Crippen LogP contribution in [-0.4, -0.2) is 50.2 Å². The van der Waals surface area contributed by atoms with Gasteiger partial charge in [0.1, 0.15) is 5.82 Å². The largest absolute Gasteiger partial charge is 0.354 e. The van der Waals surface area contributed by atoms with E-state index in [-0.39, 0.29) is 24.8 Å². The summed E-state index contributed by atoms with van der Waals surface area (Å²) in [5.74, 6) is 1.79. The number of piperazine rings is 1. The van der Waals surface area contributed by atoms with E-state index < -0.39 is 0 Å². The Morgan fingerprint density at radius 2 is 1.88 bits per heavy atom. The maximum atomic E-state index is 4.51. The quantitative estimate of drug-likeness (QED) is 0.868. The maximum absolute atomic E-state index is 4.51. The van der Waals surface area contributed by atoms with E-state index >= 15 is 0 Å². The smallest absolute Gasteiger partial charge is 0.226 e. The molecule has 0 atom stereocenters. The predicted molar refractivity (Wildman–Crippen MR) is 75.9 cm³/mol. The van der Waals surface area contributed by atoms with E-state index in [9.17, 15) is 0 Å². The third kappa shape index (κ3) is 4.18. The van der Waals surface area contributed by atoms with Crippen molar-refractivity contribution in [1.82, 2.24) is 15.3 Å². The Labute approximate surface area is 114 Å². The molecule has 1 N–H and O–H groups in total. The summed E-state index contributed by atoms with van der Waals surface area (Å²) in [5.41, 5.74) is 0. The molecule has 0 spiro atoms. The zero-order valence-electron chi connectivity index (χ0n) is 10.1. The molecular formula is C10H19Cl2N5. The molecule has 1 aliphatic heterocycles. The van der Waals surface area contributed by atoms with Gasteiger partial charge in [-0.05, 0) is 6.07 Å². The van der Waals surface area contributed by atoms with Gasteiger partial charge in [0.05, 0.1) is 0 Å². The maximum Gasteiger partial charge on any atom is 0.226 e. The van der Waals surface area contributed by atoms with Gasteiger partial charge in [0.15, 0.2) is 0 Å². The molecule has 17 heavy (non-hydrogen) atoms. The van der Waals surface area contributed by atoms with E-state index in [2.05, 4.69) is 20.2 Å². The summed E-state index contributed by atoms with van der Waals surface area (Å²) in [7, 11) is 3.91. The van der Waals surface area contributed by atoms with E-state index in [1.165, 1.54) is 0 Å². The van der Waals surface area contributed by atoms with E-state index in [1.54, 1.807) is 0 Å². The first kappa shape index (κ1) is 16.2. The number of anilines is 2. The molecule has 98 valence electrons. The van der Waals surface area contributed by atoms with Crippen molar-refractivity contribution in [3.05, 3.63) is 12.3 Å². The fraction of sp³-hybridized carbons (Fsp3) is 0.600. The first-order valence-corrected chi connectivity index (χ1v) is 5.23. The van der Waals surface area contributed by atoms with Crippen molar-refractivity contribution in [2.75, 3.05) is 50.1 Å². The molecule has 0 amide bonds. The number of aromatic nitrogens is 2. The van der Waals surface area contributed by atoms with Gasteiger partial charge in [0.25, 0.3) is 0 Å². The molecule has 1 aliphatic rings. The first-order chi connectivity index (χ1) is 7.27. The summed E-state index contributed by atoms with van der Waals surface area (Å²) in [5, 5.41) is 3.33. The average Bonchev–Trinajstić information content (AvgIpc) is 2.30. The minimum Gasteiger partial charge on any atom is -0.354 e. The fourth-order valence-electron chi connectivity index (χ4n) is 1.62. The van der Waals surface area contributed by atoms with Crippen molar-refractivity contribution in [2.24, 2.45) is 0 Å². The third-order valence-electron chi connectivity index (χ3n) is 2.47. The van der Waals surface area contributed by atoms with Crippen LogP contribution in [0, 0.1) is 0 Å². The highest BCUT2D eigenvalue weighted by Gasteiger charge is 2.12. The van der Waals surface area contributed by atoms with Crippen LogP contribution in [-0.2, 0) is 0 Å². The van der Waals surface area contributed by atoms with Gasteiger partial charge >= 0.3 is 0 Å². The Bertz CT molecular complexity index is 328. The van der Waals surface area contributed by atoms with Crippen molar-refractivity contribution in [1.29, 1.82) is 0 Å². The zero-order chi connectivity index (χ0) is 10.7. The molecule has 0 saturated carbocycles. The van der Waals surface area contributed by atoms with Crippen molar-refractivity contribution in [3.8, 4) is 0 Å². The molecule has 0 radical (unpaired) electrons. The standard InChI is InChI=1S/C10H17N5.2ClH/c1-14(2)10-12-4-3-9(13-10)15-7-5-11-6-8-15;;/h3-4,11H,5-8H2,1-2H3;2*1H. The van der Waals surface area contributed by atoms with Gasteiger partial charge in [-0.3, -0.25) is 0 Å². The van der Waals surface area contributed by atoms with Crippen LogP contribution in [0.2, 0.25) is 0 Å². The summed E-state index contributed by atoms with van der Waals surface area (Å²) in [6.45, 7) is 4.09. The van der Waals surface area contributed by atoms with Gasteiger partial charge in [0.2, 0.25) is 5.95 Å². The number of nitrogens with one attached hydrogen (secondary N) is 1. The van der Waals surface area contributed by atoms with Gasteiger partial charge < -0.3 is 15.1 Å². The van der Waals surface area contributed by atoms with E-state index in [1.807, 2.05) is 31.3 Å².